The Morgan fingerprint density at radius 2 is 1.83 bits per heavy atom. The molecule has 2 saturated heterocycles. The number of imide groups is 1. The molecule has 3 aliphatic rings. The van der Waals surface area contributed by atoms with Crippen molar-refractivity contribution in [2.75, 3.05) is 25.2 Å². The second-order valence-corrected chi connectivity index (χ2v) is 9.11. The number of nitrogens with zero attached hydrogens (tertiary/aromatic N) is 3. The van der Waals surface area contributed by atoms with Gasteiger partial charge in [0.2, 0.25) is 11.8 Å². The van der Waals surface area contributed by atoms with E-state index >= 15 is 0 Å². The maximum Gasteiger partial charge on any atom is 0.270 e. The molecule has 0 aliphatic carbocycles. The van der Waals surface area contributed by atoms with Crippen LogP contribution in [-0.2, 0) is 14.3 Å². The molecule has 0 spiro atoms. The molecule has 0 radical (unpaired) electrons. The van der Waals surface area contributed by atoms with Crippen LogP contribution >= 0.6 is 0 Å². The molecule has 3 heterocycles. The lowest BCUT2D eigenvalue weighted by Crippen LogP contribution is -2.49. The SMILES string of the molecule is COCCCN1C(=O)[C@H]2[C@H](C1=O)[C@H](C(=O)c1cccc([N+](=O)[O-])c1)N1c3ccccc3C(C)=C[C@H]21. The normalized spacial score (nSPS) is 24.7. The van der Waals surface area contributed by atoms with Crippen LogP contribution in [0, 0.1) is 22.0 Å². The number of nitro groups is 1. The lowest BCUT2D eigenvalue weighted by atomic mass is 9.85. The number of non-ortho nitro benzene ring substituents is 1. The fraction of sp³-hybridized carbons (Fsp3) is 0.346. The first-order valence-corrected chi connectivity index (χ1v) is 11.5. The molecule has 0 aromatic heterocycles. The van der Waals surface area contributed by atoms with Gasteiger partial charge in [-0.25, -0.2) is 0 Å². The average Bonchev–Trinajstić information content (AvgIpc) is 3.32. The number of fused-ring (bicyclic) bond motifs is 5. The van der Waals surface area contributed by atoms with Crippen LogP contribution in [0.15, 0.2) is 54.6 Å². The third kappa shape index (κ3) is 3.54. The van der Waals surface area contributed by atoms with Crippen molar-refractivity contribution in [3.63, 3.8) is 0 Å². The molecule has 3 aliphatic heterocycles. The lowest BCUT2D eigenvalue weighted by molar-refractivity contribution is -0.384. The van der Waals surface area contributed by atoms with Crippen molar-refractivity contribution in [3.8, 4) is 0 Å². The number of methoxy groups -OCH3 is 1. The summed E-state index contributed by atoms with van der Waals surface area (Å²) in [6.07, 6.45) is 2.47. The average molecular weight is 476 g/mol. The van der Waals surface area contributed by atoms with Crippen LogP contribution in [0.3, 0.4) is 0 Å². The molecule has 2 aromatic rings. The number of hydrogen-bond acceptors (Lipinski definition) is 7. The van der Waals surface area contributed by atoms with Crippen LogP contribution in [0.25, 0.3) is 5.57 Å². The van der Waals surface area contributed by atoms with E-state index < -0.39 is 34.6 Å². The highest BCUT2D eigenvalue weighted by atomic mass is 16.6. The second-order valence-electron chi connectivity index (χ2n) is 9.11. The van der Waals surface area contributed by atoms with E-state index in [1.54, 1.807) is 7.11 Å². The summed E-state index contributed by atoms with van der Waals surface area (Å²) in [5, 5.41) is 11.3. The number of ketones is 1. The molecule has 0 N–H and O–H groups in total. The first-order chi connectivity index (χ1) is 16.8. The standard InChI is InChI=1S/C26H25N3O6/c1-15-13-20-21-22(26(32)27(25(21)31)11-6-12-35-2)23(28(20)19-10-4-3-9-18(15)19)24(30)16-7-5-8-17(14-16)29(33)34/h3-5,7-10,13-14,20-23H,6,11-12H2,1-2H3/t20-,21-,22+,23-/m1/s1. The molecule has 9 heteroatoms. The molecular weight excluding hydrogens is 450 g/mol. The van der Waals surface area contributed by atoms with Gasteiger partial charge in [-0.2, -0.15) is 0 Å². The van der Waals surface area contributed by atoms with Gasteiger partial charge in [0.1, 0.15) is 6.04 Å². The molecular formula is C26H25N3O6. The quantitative estimate of drug-likeness (QED) is 0.199. The van der Waals surface area contributed by atoms with E-state index in [4.69, 9.17) is 4.74 Å². The van der Waals surface area contributed by atoms with Crippen molar-refractivity contribution in [1.82, 2.24) is 4.90 Å². The summed E-state index contributed by atoms with van der Waals surface area (Å²) < 4.78 is 5.08. The predicted octanol–water partition coefficient (Wildman–Crippen LogP) is 3.09. The molecule has 4 atom stereocenters. The summed E-state index contributed by atoms with van der Waals surface area (Å²) in [6.45, 7) is 2.59. The number of ether oxygens (including phenoxy) is 1. The number of carbonyl (C=O) groups excluding carboxylic acids is 3. The highest BCUT2D eigenvalue weighted by molar-refractivity contribution is 6.14. The van der Waals surface area contributed by atoms with Gasteiger partial charge < -0.3 is 9.64 Å². The van der Waals surface area contributed by atoms with E-state index in [2.05, 4.69) is 0 Å². The summed E-state index contributed by atoms with van der Waals surface area (Å²) in [5.41, 5.74) is 2.62. The van der Waals surface area contributed by atoms with E-state index in [9.17, 15) is 24.5 Å². The highest BCUT2D eigenvalue weighted by Gasteiger charge is 2.64. The number of rotatable bonds is 7. The molecule has 5 rings (SSSR count). The van der Waals surface area contributed by atoms with Crippen molar-refractivity contribution in [3.05, 3.63) is 75.8 Å². The number of hydrogen-bond donors (Lipinski definition) is 0. The number of nitro benzene ring substituents is 1. The van der Waals surface area contributed by atoms with Gasteiger partial charge in [-0.05, 0) is 25.0 Å². The van der Waals surface area contributed by atoms with E-state index in [0.29, 0.717) is 13.0 Å². The Labute approximate surface area is 202 Å². The number of allylic oxidation sites excluding steroid dienone is 1. The Morgan fingerprint density at radius 1 is 1.09 bits per heavy atom. The minimum atomic E-state index is -0.957. The van der Waals surface area contributed by atoms with E-state index in [0.717, 1.165) is 16.8 Å². The van der Waals surface area contributed by atoms with Gasteiger partial charge in [-0.1, -0.05) is 36.4 Å². The third-order valence-electron chi connectivity index (χ3n) is 7.19. The largest absolute Gasteiger partial charge is 0.385 e. The van der Waals surface area contributed by atoms with Crippen molar-refractivity contribution >= 4 is 34.5 Å². The fourth-order valence-electron chi connectivity index (χ4n) is 5.69. The van der Waals surface area contributed by atoms with Gasteiger partial charge in [0.05, 0.1) is 22.8 Å². The Morgan fingerprint density at radius 3 is 2.57 bits per heavy atom. The number of carbonyl (C=O) groups is 3. The van der Waals surface area contributed by atoms with Crippen molar-refractivity contribution < 1.29 is 24.0 Å². The number of anilines is 1. The molecule has 2 aromatic carbocycles. The Balaban J connectivity index is 1.62. The topological polar surface area (TPSA) is 110 Å². The molecule has 0 saturated carbocycles. The van der Waals surface area contributed by atoms with Gasteiger partial charge in [0.15, 0.2) is 5.78 Å². The second kappa shape index (κ2) is 8.74. The monoisotopic (exact) mass is 475 g/mol. The van der Waals surface area contributed by atoms with Gasteiger partial charge in [0, 0.05) is 49.2 Å². The van der Waals surface area contributed by atoms with E-state index in [1.807, 2.05) is 42.2 Å². The lowest BCUT2D eigenvalue weighted by Gasteiger charge is -2.38. The van der Waals surface area contributed by atoms with Gasteiger partial charge in [-0.3, -0.25) is 29.4 Å². The minimum Gasteiger partial charge on any atom is -0.385 e. The van der Waals surface area contributed by atoms with Gasteiger partial charge in [0.25, 0.3) is 5.69 Å². The van der Waals surface area contributed by atoms with Crippen molar-refractivity contribution in [1.29, 1.82) is 0 Å². The number of Topliss-reactive ketones (excluding diaryl/α,β-unsaturated/α-hetero) is 1. The predicted molar refractivity (Wildman–Crippen MR) is 128 cm³/mol. The Bertz CT molecular complexity index is 1270. The van der Waals surface area contributed by atoms with Crippen LogP contribution in [-0.4, -0.2) is 59.8 Å². The summed E-state index contributed by atoms with van der Waals surface area (Å²) in [6, 6.07) is 11.7. The fourth-order valence-corrected chi connectivity index (χ4v) is 5.69. The maximum absolute atomic E-state index is 13.9. The van der Waals surface area contributed by atoms with Crippen molar-refractivity contribution in [2.45, 2.75) is 25.4 Å². The molecule has 0 unspecified atom stereocenters. The molecule has 35 heavy (non-hydrogen) atoms. The molecule has 2 fully saturated rings. The zero-order valence-electron chi connectivity index (χ0n) is 19.4. The molecule has 0 bridgehead atoms. The first-order valence-electron chi connectivity index (χ1n) is 11.5. The van der Waals surface area contributed by atoms with Crippen LogP contribution in [0.2, 0.25) is 0 Å². The molecule has 180 valence electrons. The van der Waals surface area contributed by atoms with Crippen LogP contribution in [0.4, 0.5) is 11.4 Å². The smallest absolute Gasteiger partial charge is 0.270 e. The van der Waals surface area contributed by atoms with E-state index in [-0.39, 0.29) is 29.6 Å². The Hall–Kier alpha value is -3.85. The molecule has 9 nitrogen and oxygen atoms in total. The maximum atomic E-state index is 13.9. The van der Waals surface area contributed by atoms with Gasteiger partial charge >= 0.3 is 0 Å². The highest BCUT2D eigenvalue weighted by Crippen LogP contribution is 2.50. The number of amides is 2. The van der Waals surface area contributed by atoms with Crippen molar-refractivity contribution in [2.24, 2.45) is 11.8 Å². The third-order valence-corrected chi connectivity index (χ3v) is 7.19. The number of para-hydroxylation sites is 1. The van der Waals surface area contributed by atoms with Crippen LogP contribution in [0.1, 0.15) is 29.3 Å². The van der Waals surface area contributed by atoms with E-state index in [1.165, 1.54) is 29.2 Å². The summed E-state index contributed by atoms with van der Waals surface area (Å²) >= 11 is 0. The number of likely N-dealkylation sites (tertiary alicyclic amines) is 1. The van der Waals surface area contributed by atoms with Crippen LogP contribution < -0.4 is 4.90 Å². The number of benzene rings is 2. The zero-order valence-corrected chi connectivity index (χ0v) is 19.4. The first kappa shape index (κ1) is 22.9. The van der Waals surface area contributed by atoms with Crippen LogP contribution in [0.5, 0.6) is 0 Å². The van der Waals surface area contributed by atoms with Gasteiger partial charge in [-0.15, -0.1) is 0 Å². The summed E-state index contributed by atoms with van der Waals surface area (Å²) in [4.78, 5) is 55.0. The minimum absolute atomic E-state index is 0.144. The summed E-state index contributed by atoms with van der Waals surface area (Å²) in [5.74, 6) is -2.66. The molecule has 2 amide bonds. The zero-order chi connectivity index (χ0) is 24.9. The Kier molecular flexibility index (Phi) is 5.72. The summed E-state index contributed by atoms with van der Waals surface area (Å²) in [7, 11) is 1.56.